The van der Waals surface area contributed by atoms with Crippen LogP contribution in [-0.4, -0.2) is 5.33 Å². The molecule has 0 atom stereocenters. The van der Waals surface area contributed by atoms with Crippen LogP contribution in [0.5, 0.6) is 0 Å². The molecule has 1 rings (SSSR count). The molecule has 0 amide bonds. The third kappa shape index (κ3) is 3.28. The van der Waals surface area contributed by atoms with Crippen LogP contribution in [0, 0.1) is 5.82 Å². The van der Waals surface area contributed by atoms with E-state index in [4.69, 9.17) is 11.6 Å². The molecule has 13 heavy (non-hydrogen) atoms. The molecule has 0 aliphatic rings. The van der Waals surface area contributed by atoms with Crippen LogP contribution >= 0.6 is 27.5 Å². The summed E-state index contributed by atoms with van der Waals surface area (Å²) in [7, 11) is 0. The van der Waals surface area contributed by atoms with Gasteiger partial charge in [-0.2, -0.15) is 0 Å². The first-order valence-electron chi connectivity index (χ1n) is 4.24. The van der Waals surface area contributed by atoms with Gasteiger partial charge in [-0.1, -0.05) is 39.7 Å². The predicted molar refractivity (Wildman–Crippen MR) is 58.1 cm³/mol. The van der Waals surface area contributed by atoms with Crippen molar-refractivity contribution < 1.29 is 4.39 Å². The van der Waals surface area contributed by atoms with Crippen LogP contribution in [0.2, 0.25) is 5.02 Å². The lowest BCUT2D eigenvalue weighted by Crippen LogP contribution is -1.91. The van der Waals surface area contributed by atoms with Crippen LogP contribution in [0.4, 0.5) is 4.39 Å². The van der Waals surface area contributed by atoms with Gasteiger partial charge in [0.25, 0.3) is 0 Å². The fraction of sp³-hybridized carbons (Fsp3) is 0.400. The van der Waals surface area contributed by atoms with Crippen molar-refractivity contribution in [3.63, 3.8) is 0 Å². The Balaban J connectivity index is 2.61. The van der Waals surface area contributed by atoms with Crippen LogP contribution in [-0.2, 0) is 6.42 Å². The van der Waals surface area contributed by atoms with Crippen molar-refractivity contribution in [2.75, 3.05) is 5.33 Å². The van der Waals surface area contributed by atoms with Gasteiger partial charge in [-0.15, -0.1) is 0 Å². The highest BCUT2D eigenvalue weighted by Crippen LogP contribution is 2.19. The molecule has 3 heteroatoms. The van der Waals surface area contributed by atoms with Crippen LogP contribution in [0.3, 0.4) is 0 Å². The maximum atomic E-state index is 13.3. The van der Waals surface area contributed by atoms with Gasteiger partial charge in [0.1, 0.15) is 5.82 Å². The Morgan fingerprint density at radius 2 is 2.08 bits per heavy atom. The van der Waals surface area contributed by atoms with Crippen LogP contribution in [0.25, 0.3) is 0 Å². The van der Waals surface area contributed by atoms with Gasteiger partial charge in [0, 0.05) is 5.33 Å². The second-order valence-corrected chi connectivity index (χ2v) is 4.06. The summed E-state index contributed by atoms with van der Waals surface area (Å²) >= 11 is 8.98. The highest BCUT2D eigenvalue weighted by Gasteiger charge is 2.04. The molecule has 0 radical (unpaired) electrons. The Labute approximate surface area is 91.2 Å². The molecule has 0 heterocycles. The molecular formula is C10H11BrClF. The minimum atomic E-state index is -0.265. The Hall–Kier alpha value is -0.0800. The topological polar surface area (TPSA) is 0 Å². The number of halogens is 3. The van der Waals surface area contributed by atoms with E-state index in [2.05, 4.69) is 15.9 Å². The molecule has 0 spiro atoms. The zero-order valence-electron chi connectivity index (χ0n) is 7.19. The molecule has 72 valence electrons. The second-order valence-electron chi connectivity index (χ2n) is 2.86. The quantitative estimate of drug-likeness (QED) is 0.565. The highest BCUT2D eigenvalue weighted by molar-refractivity contribution is 9.09. The monoisotopic (exact) mass is 264 g/mol. The van der Waals surface area contributed by atoms with Gasteiger partial charge in [0.05, 0.1) is 5.02 Å². The standard InChI is InChI=1S/C10H11BrClF/c11-7-2-1-4-8-5-3-6-9(12)10(8)13/h3,5-6H,1-2,4,7H2. The second kappa shape index (κ2) is 5.61. The van der Waals surface area contributed by atoms with Crippen molar-refractivity contribution in [1.29, 1.82) is 0 Å². The summed E-state index contributed by atoms with van der Waals surface area (Å²) < 4.78 is 13.3. The van der Waals surface area contributed by atoms with Crippen LogP contribution < -0.4 is 0 Å². The highest BCUT2D eigenvalue weighted by atomic mass is 79.9. The third-order valence-electron chi connectivity index (χ3n) is 1.86. The Bertz CT molecular complexity index is 276. The maximum Gasteiger partial charge on any atom is 0.144 e. The summed E-state index contributed by atoms with van der Waals surface area (Å²) in [5, 5.41) is 1.19. The normalized spacial score (nSPS) is 10.4. The van der Waals surface area contributed by atoms with Crippen LogP contribution in [0.15, 0.2) is 18.2 Å². The predicted octanol–water partition coefficient (Wildman–Crippen LogP) is 4.20. The van der Waals surface area contributed by atoms with E-state index in [0.717, 1.165) is 24.6 Å². The van der Waals surface area contributed by atoms with Gasteiger partial charge in [0.2, 0.25) is 0 Å². The van der Waals surface area contributed by atoms with E-state index in [1.807, 2.05) is 0 Å². The number of unbranched alkanes of at least 4 members (excludes halogenated alkanes) is 1. The molecule has 0 nitrogen and oxygen atoms in total. The molecule has 0 aliphatic carbocycles. The summed E-state index contributed by atoms with van der Waals surface area (Å²) in [6.07, 6.45) is 2.81. The van der Waals surface area contributed by atoms with Crippen molar-refractivity contribution in [3.8, 4) is 0 Å². The van der Waals surface area contributed by atoms with Crippen molar-refractivity contribution in [2.24, 2.45) is 0 Å². The van der Waals surface area contributed by atoms with E-state index in [1.54, 1.807) is 18.2 Å². The lowest BCUT2D eigenvalue weighted by Gasteiger charge is -2.02. The summed E-state index contributed by atoms with van der Waals surface area (Å²) in [5.74, 6) is -0.265. The maximum absolute atomic E-state index is 13.3. The average Bonchev–Trinajstić information content (AvgIpc) is 2.13. The molecular weight excluding hydrogens is 254 g/mol. The first-order chi connectivity index (χ1) is 6.25. The molecule has 0 aliphatic heterocycles. The summed E-state index contributed by atoms with van der Waals surface area (Å²) in [5.41, 5.74) is 0.716. The van der Waals surface area contributed by atoms with Crippen molar-refractivity contribution >= 4 is 27.5 Å². The largest absolute Gasteiger partial charge is 0.205 e. The Morgan fingerprint density at radius 1 is 1.31 bits per heavy atom. The number of rotatable bonds is 4. The molecule has 1 aromatic carbocycles. The van der Waals surface area contributed by atoms with Gasteiger partial charge < -0.3 is 0 Å². The van der Waals surface area contributed by atoms with Gasteiger partial charge in [-0.05, 0) is 30.9 Å². The van der Waals surface area contributed by atoms with Gasteiger partial charge in [-0.3, -0.25) is 0 Å². The summed E-state index contributed by atoms with van der Waals surface area (Å²) in [6, 6.07) is 5.15. The lowest BCUT2D eigenvalue weighted by atomic mass is 10.1. The smallest absolute Gasteiger partial charge is 0.144 e. The van der Waals surface area contributed by atoms with E-state index in [1.165, 1.54) is 0 Å². The molecule has 0 N–H and O–H groups in total. The minimum absolute atomic E-state index is 0.219. The molecule has 0 saturated carbocycles. The first kappa shape index (κ1) is 11.0. The lowest BCUT2D eigenvalue weighted by molar-refractivity contribution is 0.604. The average molecular weight is 266 g/mol. The molecule has 0 fully saturated rings. The molecule has 0 bridgehead atoms. The Morgan fingerprint density at radius 3 is 2.77 bits per heavy atom. The Kier molecular flexibility index (Phi) is 4.74. The molecule has 0 saturated heterocycles. The van der Waals surface area contributed by atoms with E-state index < -0.39 is 0 Å². The van der Waals surface area contributed by atoms with E-state index in [0.29, 0.717) is 5.56 Å². The van der Waals surface area contributed by atoms with E-state index in [9.17, 15) is 4.39 Å². The number of hydrogen-bond donors (Lipinski definition) is 0. The fourth-order valence-electron chi connectivity index (χ4n) is 1.15. The SMILES string of the molecule is Fc1c(Cl)cccc1CCCCBr. The first-order valence-corrected chi connectivity index (χ1v) is 5.74. The van der Waals surface area contributed by atoms with E-state index in [-0.39, 0.29) is 10.8 Å². The van der Waals surface area contributed by atoms with Gasteiger partial charge in [-0.25, -0.2) is 4.39 Å². The number of benzene rings is 1. The zero-order valence-corrected chi connectivity index (χ0v) is 9.54. The van der Waals surface area contributed by atoms with Crippen molar-refractivity contribution in [2.45, 2.75) is 19.3 Å². The molecule has 0 aromatic heterocycles. The minimum Gasteiger partial charge on any atom is -0.205 e. The zero-order chi connectivity index (χ0) is 9.68. The van der Waals surface area contributed by atoms with Crippen molar-refractivity contribution in [3.05, 3.63) is 34.6 Å². The van der Waals surface area contributed by atoms with Gasteiger partial charge in [0.15, 0.2) is 0 Å². The number of aryl methyl sites for hydroxylation is 1. The van der Waals surface area contributed by atoms with Crippen LogP contribution in [0.1, 0.15) is 18.4 Å². The van der Waals surface area contributed by atoms with E-state index >= 15 is 0 Å². The number of hydrogen-bond acceptors (Lipinski definition) is 0. The summed E-state index contributed by atoms with van der Waals surface area (Å²) in [4.78, 5) is 0. The fourth-order valence-corrected chi connectivity index (χ4v) is 1.74. The summed E-state index contributed by atoms with van der Waals surface area (Å²) in [6.45, 7) is 0. The third-order valence-corrected chi connectivity index (χ3v) is 2.71. The van der Waals surface area contributed by atoms with Gasteiger partial charge >= 0.3 is 0 Å². The molecule has 0 unspecified atom stereocenters. The number of alkyl halides is 1. The molecule has 1 aromatic rings. The van der Waals surface area contributed by atoms with Crippen molar-refractivity contribution in [1.82, 2.24) is 0 Å².